The van der Waals surface area contributed by atoms with Crippen LogP contribution < -0.4 is 5.01 Å². The van der Waals surface area contributed by atoms with Gasteiger partial charge in [0.1, 0.15) is 0 Å². The van der Waals surface area contributed by atoms with E-state index in [1.807, 2.05) is 18.2 Å². The molecule has 1 atom stereocenters. The molecule has 5 heteroatoms. The molecule has 1 unspecified atom stereocenters. The summed E-state index contributed by atoms with van der Waals surface area (Å²) in [6.07, 6.45) is 0.924. The van der Waals surface area contributed by atoms with E-state index in [0.717, 1.165) is 22.8 Å². The Morgan fingerprint density at radius 3 is 2.64 bits per heavy atom. The number of hydrogen-bond donors (Lipinski definition) is 0. The van der Waals surface area contributed by atoms with E-state index in [-0.39, 0.29) is 6.04 Å². The second kappa shape index (κ2) is 5.88. The molecule has 1 aromatic carbocycles. The Hall–Kier alpha value is -1.62. The van der Waals surface area contributed by atoms with E-state index >= 15 is 0 Å². The molecule has 3 aromatic rings. The van der Waals surface area contributed by atoms with Crippen LogP contribution in [-0.4, -0.2) is 5.71 Å². The Morgan fingerprint density at radius 2 is 1.91 bits per heavy atom. The summed E-state index contributed by atoms with van der Waals surface area (Å²) < 4.78 is 0. The van der Waals surface area contributed by atoms with Gasteiger partial charge in [0.05, 0.1) is 22.3 Å². The standard InChI is InChI=1S/C17H13ClN2S2/c18-12-4-1-5-13(10-12)20-15(17-7-3-9-22-17)11-14(19-20)16-6-2-8-21-16/h1-10,15H,11H2. The third kappa shape index (κ3) is 2.58. The van der Waals surface area contributed by atoms with E-state index in [9.17, 15) is 0 Å². The topological polar surface area (TPSA) is 15.6 Å². The highest BCUT2D eigenvalue weighted by molar-refractivity contribution is 7.12. The number of rotatable bonds is 3. The zero-order valence-corrected chi connectivity index (χ0v) is 14.0. The molecule has 0 aliphatic carbocycles. The first-order chi connectivity index (χ1) is 10.8. The summed E-state index contributed by atoms with van der Waals surface area (Å²) >= 11 is 9.68. The van der Waals surface area contributed by atoms with Gasteiger partial charge in [0.15, 0.2) is 0 Å². The largest absolute Gasteiger partial charge is 0.256 e. The van der Waals surface area contributed by atoms with Crippen molar-refractivity contribution in [3.63, 3.8) is 0 Å². The van der Waals surface area contributed by atoms with Gasteiger partial charge in [-0.2, -0.15) is 5.10 Å². The first-order valence-electron chi connectivity index (χ1n) is 7.01. The van der Waals surface area contributed by atoms with Crippen LogP contribution in [0.3, 0.4) is 0 Å². The Labute approximate surface area is 142 Å². The highest BCUT2D eigenvalue weighted by Gasteiger charge is 2.30. The van der Waals surface area contributed by atoms with E-state index in [4.69, 9.17) is 16.7 Å². The molecule has 3 heterocycles. The average Bonchev–Trinajstić information content (AvgIpc) is 3.27. The van der Waals surface area contributed by atoms with Gasteiger partial charge in [0, 0.05) is 16.3 Å². The minimum Gasteiger partial charge on any atom is -0.256 e. The summed E-state index contributed by atoms with van der Waals surface area (Å²) in [6.45, 7) is 0. The van der Waals surface area contributed by atoms with Crippen LogP contribution in [0.5, 0.6) is 0 Å². The van der Waals surface area contributed by atoms with E-state index in [1.54, 1.807) is 22.7 Å². The Bertz CT molecular complexity index is 794. The maximum Gasteiger partial charge on any atom is 0.0924 e. The monoisotopic (exact) mass is 344 g/mol. The number of benzene rings is 1. The summed E-state index contributed by atoms with van der Waals surface area (Å²) in [4.78, 5) is 2.57. The van der Waals surface area contributed by atoms with Gasteiger partial charge in [-0.05, 0) is 41.1 Å². The molecule has 22 heavy (non-hydrogen) atoms. The number of nitrogens with zero attached hydrogens (tertiary/aromatic N) is 2. The first kappa shape index (κ1) is 14.0. The van der Waals surface area contributed by atoms with Crippen LogP contribution in [0.1, 0.15) is 22.2 Å². The van der Waals surface area contributed by atoms with Gasteiger partial charge in [0.25, 0.3) is 0 Å². The molecule has 0 fully saturated rings. The molecule has 2 nitrogen and oxygen atoms in total. The van der Waals surface area contributed by atoms with Crippen LogP contribution in [0.15, 0.2) is 64.4 Å². The van der Waals surface area contributed by atoms with Crippen LogP contribution in [0.4, 0.5) is 5.69 Å². The lowest BCUT2D eigenvalue weighted by Crippen LogP contribution is -2.17. The molecule has 110 valence electrons. The number of hydrogen-bond acceptors (Lipinski definition) is 4. The van der Waals surface area contributed by atoms with Crippen molar-refractivity contribution in [3.8, 4) is 0 Å². The maximum absolute atomic E-state index is 6.16. The van der Waals surface area contributed by atoms with Crippen molar-refractivity contribution in [1.29, 1.82) is 0 Å². The number of halogens is 1. The first-order valence-corrected chi connectivity index (χ1v) is 9.14. The van der Waals surface area contributed by atoms with E-state index in [1.165, 1.54) is 9.75 Å². The lowest BCUT2D eigenvalue weighted by Gasteiger charge is -2.22. The third-order valence-corrected chi connectivity index (χ3v) is 5.79. The van der Waals surface area contributed by atoms with Crippen molar-refractivity contribution in [3.05, 3.63) is 74.1 Å². The van der Waals surface area contributed by atoms with Crippen molar-refractivity contribution in [2.75, 3.05) is 5.01 Å². The molecular weight excluding hydrogens is 332 g/mol. The zero-order chi connectivity index (χ0) is 14.9. The SMILES string of the molecule is Clc1cccc(N2N=C(c3cccs3)CC2c2cccs2)c1. The fourth-order valence-electron chi connectivity index (χ4n) is 2.66. The number of anilines is 1. The van der Waals surface area contributed by atoms with Crippen molar-refractivity contribution >= 4 is 45.7 Å². The molecule has 0 amide bonds. The quantitative estimate of drug-likeness (QED) is 0.584. The molecule has 0 radical (unpaired) electrons. The Kier molecular flexibility index (Phi) is 3.74. The van der Waals surface area contributed by atoms with Crippen molar-refractivity contribution in [2.24, 2.45) is 5.10 Å². The van der Waals surface area contributed by atoms with Crippen molar-refractivity contribution in [2.45, 2.75) is 12.5 Å². The van der Waals surface area contributed by atoms with Gasteiger partial charge in [-0.15, -0.1) is 22.7 Å². The normalized spacial score (nSPS) is 17.8. The fourth-order valence-corrected chi connectivity index (χ4v) is 4.38. The van der Waals surface area contributed by atoms with Crippen LogP contribution >= 0.6 is 34.3 Å². The van der Waals surface area contributed by atoms with E-state index in [2.05, 4.69) is 46.1 Å². The summed E-state index contributed by atoms with van der Waals surface area (Å²) in [5.74, 6) is 0. The van der Waals surface area contributed by atoms with Crippen LogP contribution in [0.25, 0.3) is 0 Å². The predicted molar refractivity (Wildman–Crippen MR) is 96.5 cm³/mol. The zero-order valence-electron chi connectivity index (χ0n) is 11.6. The molecule has 0 bridgehead atoms. The Morgan fingerprint density at radius 1 is 1.05 bits per heavy atom. The molecule has 1 aliphatic rings. The maximum atomic E-state index is 6.16. The van der Waals surface area contributed by atoms with E-state index < -0.39 is 0 Å². The van der Waals surface area contributed by atoms with Gasteiger partial charge in [-0.1, -0.05) is 29.8 Å². The minimum atomic E-state index is 0.246. The molecular formula is C17H13ClN2S2. The van der Waals surface area contributed by atoms with E-state index in [0.29, 0.717) is 0 Å². The summed E-state index contributed by atoms with van der Waals surface area (Å²) in [5.41, 5.74) is 2.19. The van der Waals surface area contributed by atoms with Crippen molar-refractivity contribution < 1.29 is 0 Å². The van der Waals surface area contributed by atoms with Crippen LogP contribution in [0, 0.1) is 0 Å². The molecule has 0 saturated heterocycles. The summed E-state index contributed by atoms with van der Waals surface area (Å²) in [7, 11) is 0. The molecule has 1 aliphatic heterocycles. The van der Waals surface area contributed by atoms with Gasteiger partial charge < -0.3 is 0 Å². The second-order valence-corrected chi connectivity index (χ2v) is 7.45. The lowest BCUT2D eigenvalue weighted by atomic mass is 10.1. The van der Waals surface area contributed by atoms with Gasteiger partial charge in [-0.25, -0.2) is 0 Å². The second-order valence-electron chi connectivity index (χ2n) is 5.08. The van der Waals surface area contributed by atoms with Gasteiger partial charge in [0.2, 0.25) is 0 Å². The predicted octanol–water partition coefficient (Wildman–Crippen LogP) is 5.82. The van der Waals surface area contributed by atoms with Gasteiger partial charge >= 0.3 is 0 Å². The van der Waals surface area contributed by atoms with Crippen LogP contribution in [0.2, 0.25) is 5.02 Å². The fraction of sp³-hybridized carbons (Fsp3) is 0.118. The summed E-state index contributed by atoms with van der Waals surface area (Å²) in [6, 6.07) is 16.6. The van der Waals surface area contributed by atoms with Crippen molar-refractivity contribution in [1.82, 2.24) is 0 Å². The highest BCUT2D eigenvalue weighted by atomic mass is 35.5. The number of hydrazone groups is 1. The summed E-state index contributed by atoms with van der Waals surface area (Å²) in [5, 5.41) is 11.9. The molecule has 4 rings (SSSR count). The lowest BCUT2D eigenvalue weighted by molar-refractivity contribution is 0.722. The Balaban J connectivity index is 1.76. The number of thiophene rings is 2. The smallest absolute Gasteiger partial charge is 0.0924 e. The molecule has 0 saturated carbocycles. The molecule has 0 spiro atoms. The molecule has 2 aromatic heterocycles. The van der Waals surface area contributed by atoms with Gasteiger partial charge in [-0.3, -0.25) is 5.01 Å². The third-order valence-electron chi connectivity index (χ3n) is 3.66. The molecule has 0 N–H and O–H groups in total. The average molecular weight is 345 g/mol. The van der Waals surface area contributed by atoms with Crippen LogP contribution in [-0.2, 0) is 0 Å². The highest BCUT2D eigenvalue weighted by Crippen LogP contribution is 2.39. The minimum absolute atomic E-state index is 0.246.